The predicted molar refractivity (Wildman–Crippen MR) is 41.8 cm³/mol. The van der Waals surface area contributed by atoms with Crippen LogP contribution in [0.4, 0.5) is 0 Å². The van der Waals surface area contributed by atoms with Gasteiger partial charge in [0.05, 0.1) is 12.7 Å². The van der Waals surface area contributed by atoms with E-state index in [0.717, 1.165) is 0 Å². The first-order valence-corrected chi connectivity index (χ1v) is 3.31. The van der Waals surface area contributed by atoms with Gasteiger partial charge in [-0.2, -0.15) is 0 Å². The number of carbonyl (C=O) groups is 1. The Labute approximate surface area is 65.8 Å². The highest BCUT2D eigenvalue weighted by atomic mass is 16.5. The van der Waals surface area contributed by atoms with Crippen LogP contribution >= 0.6 is 0 Å². The molecule has 0 N–H and O–H groups in total. The van der Waals surface area contributed by atoms with Crippen molar-refractivity contribution < 1.29 is 9.53 Å². The molecule has 2 heteroatoms. The van der Waals surface area contributed by atoms with Gasteiger partial charge in [0.25, 0.3) is 0 Å². The van der Waals surface area contributed by atoms with Crippen molar-refractivity contribution in [2.75, 3.05) is 7.11 Å². The van der Waals surface area contributed by atoms with Gasteiger partial charge in [0.15, 0.2) is 5.78 Å². The van der Waals surface area contributed by atoms with E-state index in [1.807, 2.05) is 0 Å². The third kappa shape index (κ3) is 1.58. The largest absolute Gasteiger partial charge is 0.495 e. The van der Waals surface area contributed by atoms with E-state index >= 15 is 0 Å². The van der Waals surface area contributed by atoms with Gasteiger partial charge in [0, 0.05) is 6.07 Å². The van der Waals surface area contributed by atoms with Crippen molar-refractivity contribution in [3.05, 3.63) is 29.8 Å². The summed E-state index contributed by atoms with van der Waals surface area (Å²) in [6.07, 6.45) is 0. The van der Waals surface area contributed by atoms with E-state index in [-0.39, 0.29) is 5.78 Å². The van der Waals surface area contributed by atoms with Gasteiger partial charge in [0.2, 0.25) is 0 Å². The van der Waals surface area contributed by atoms with E-state index in [0.29, 0.717) is 11.3 Å². The number of benzene rings is 1. The molecule has 0 saturated heterocycles. The van der Waals surface area contributed by atoms with Gasteiger partial charge in [-0.1, -0.05) is 12.1 Å². The number of ether oxygens (including phenoxy) is 1. The molecular weight excluding hydrogens is 140 g/mol. The molecule has 0 aliphatic heterocycles. The van der Waals surface area contributed by atoms with Gasteiger partial charge in [-0.25, -0.2) is 0 Å². The number of hydrogen-bond acceptors (Lipinski definition) is 2. The van der Waals surface area contributed by atoms with E-state index in [2.05, 4.69) is 6.07 Å². The van der Waals surface area contributed by atoms with Crippen molar-refractivity contribution in [3.8, 4) is 5.75 Å². The average molecular weight is 149 g/mol. The summed E-state index contributed by atoms with van der Waals surface area (Å²) in [5, 5.41) is 0. The first kappa shape index (κ1) is 7.79. The molecular formula is C9H9O2. The van der Waals surface area contributed by atoms with Gasteiger partial charge in [-0.15, -0.1) is 0 Å². The molecule has 0 spiro atoms. The number of carbonyl (C=O) groups excluding carboxylic acids is 1. The second-order valence-corrected chi connectivity index (χ2v) is 2.17. The maximum Gasteiger partial charge on any atom is 0.163 e. The summed E-state index contributed by atoms with van der Waals surface area (Å²) in [7, 11) is 1.53. The van der Waals surface area contributed by atoms with Crippen molar-refractivity contribution in [2.45, 2.75) is 6.92 Å². The molecule has 1 aromatic carbocycles. The quantitative estimate of drug-likeness (QED) is 0.598. The number of methoxy groups -OCH3 is 1. The van der Waals surface area contributed by atoms with Crippen LogP contribution in [0.3, 0.4) is 0 Å². The minimum absolute atomic E-state index is 0.00120. The summed E-state index contributed by atoms with van der Waals surface area (Å²) in [5.41, 5.74) is 0.579. The first-order chi connectivity index (χ1) is 5.25. The summed E-state index contributed by atoms with van der Waals surface area (Å²) in [6, 6.07) is 8.02. The van der Waals surface area contributed by atoms with Crippen molar-refractivity contribution >= 4 is 5.78 Å². The standard InChI is InChI=1S/C9H9O2/c1-7(10)8-5-3-4-6-9(8)11-2/h3-5H,1-2H3. The second-order valence-electron chi connectivity index (χ2n) is 2.17. The van der Waals surface area contributed by atoms with Crippen LogP contribution in [0.15, 0.2) is 18.2 Å². The van der Waals surface area contributed by atoms with Crippen LogP contribution in [-0.2, 0) is 0 Å². The highest BCUT2D eigenvalue weighted by Crippen LogP contribution is 2.16. The molecule has 11 heavy (non-hydrogen) atoms. The lowest BCUT2D eigenvalue weighted by Crippen LogP contribution is -1.96. The Morgan fingerprint density at radius 3 is 2.82 bits per heavy atom. The van der Waals surface area contributed by atoms with Crippen LogP contribution in [0.2, 0.25) is 0 Å². The summed E-state index contributed by atoms with van der Waals surface area (Å²) < 4.78 is 4.93. The Kier molecular flexibility index (Phi) is 2.26. The Morgan fingerprint density at radius 2 is 2.36 bits per heavy atom. The molecule has 1 rings (SSSR count). The maximum atomic E-state index is 10.9. The first-order valence-electron chi connectivity index (χ1n) is 3.31. The SMILES string of the molecule is COc1[c]cccc1C(C)=O. The highest BCUT2D eigenvalue weighted by Gasteiger charge is 2.04. The molecule has 0 heterocycles. The van der Waals surface area contributed by atoms with Crippen molar-refractivity contribution in [1.82, 2.24) is 0 Å². The minimum Gasteiger partial charge on any atom is -0.495 e. The summed E-state index contributed by atoms with van der Waals surface area (Å²) >= 11 is 0. The topological polar surface area (TPSA) is 26.3 Å². The Morgan fingerprint density at radius 1 is 1.64 bits per heavy atom. The zero-order valence-electron chi connectivity index (χ0n) is 6.55. The summed E-state index contributed by atoms with van der Waals surface area (Å²) in [4.78, 5) is 10.9. The molecule has 0 atom stereocenters. The summed E-state index contributed by atoms with van der Waals surface area (Å²) in [5.74, 6) is 0.513. The Hall–Kier alpha value is -1.31. The minimum atomic E-state index is -0.00120. The number of ketones is 1. The highest BCUT2D eigenvalue weighted by molar-refractivity contribution is 5.96. The summed E-state index contributed by atoms with van der Waals surface area (Å²) in [6.45, 7) is 1.51. The molecule has 0 unspecified atom stereocenters. The Balaban J connectivity index is 3.12. The lowest BCUT2D eigenvalue weighted by Gasteiger charge is -2.02. The fraction of sp³-hybridized carbons (Fsp3) is 0.222. The zero-order chi connectivity index (χ0) is 8.27. The molecule has 0 bridgehead atoms. The second kappa shape index (κ2) is 3.19. The van der Waals surface area contributed by atoms with Gasteiger partial charge >= 0.3 is 0 Å². The average Bonchev–Trinajstić information content (AvgIpc) is 2.04. The lowest BCUT2D eigenvalue weighted by molar-refractivity contribution is 0.101. The molecule has 0 aromatic heterocycles. The van der Waals surface area contributed by atoms with Crippen molar-refractivity contribution in [2.24, 2.45) is 0 Å². The van der Waals surface area contributed by atoms with Gasteiger partial charge in [-0.3, -0.25) is 4.79 Å². The zero-order valence-corrected chi connectivity index (χ0v) is 6.55. The van der Waals surface area contributed by atoms with E-state index in [9.17, 15) is 4.79 Å². The molecule has 0 saturated carbocycles. The molecule has 0 amide bonds. The molecule has 0 aliphatic rings. The molecule has 0 aliphatic carbocycles. The molecule has 2 nitrogen and oxygen atoms in total. The van der Waals surface area contributed by atoms with Gasteiger partial charge in [0.1, 0.15) is 5.75 Å². The Bertz CT molecular complexity index is 266. The van der Waals surface area contributed by atoms with E-state index in [4.69, 9.17) is 4.74 Å². The molecule has 1 radical (unpaired) electrons. The van der Waals surface area contributed by atoms with Crippen LogP contribution in [0.5, 0.6) is 5.75 Å². The van der Waals surface area contributed by atoms with Crippen LogP contribution in [0.25, 0.3) is 0 Å². The van der Waals surface area contributed by atoms with Crippen LogP contribution < -0.4 is 4.74 Å². The molecule has 0 fully saturated rings. The third-order valence-corrected chi connectivity index (χ3v) is 1.40. The van der Waals surface area contributed by atoms with Crippen LogP contribution in [0, 0.1) is 6.07 Å². The monoisotopic (exact) mass is 149 g/mol. The number of hydrogen-bond donors (Lipinski definition) is 0. The van der Waals surface area contributed by atoms with Gasteiger partial charge in [-0.05, 0) is 13.0 Å². The number of rotatable bonds is 2. The number of Topliss-reactive ketones (excluding diaryl/α,β-unsaturated/α-hetero) is 1. The lowest BCUT2D eigenvalue weighted by atomic mass is 10.1. The molecule has 1 aromatic rings. The fourth-order valence-electron chi connectivity index (χ4n) is 0.868. The van der Waals surface area contributed by atoms with Crippen LogP contribution in [0.1, 0.15) is 17.3 Å². The predicted octanol–water partition coefficient (Wildman–Crippen LogP) is 1.70. The third-order valence-electron chi connectivity index (χ3n) is 1.40. The van der Waals surface area contributed by atoms with Crippen LogP contribution in [-0.4, -0.2) is 12.9 Å². The van der Waals surface area contributed by atoms with Crippen molar-refractivity contribution in [3.63, 3.8) is 0 Å². The van der Waals surface area contributed by atoms with Gasteiger partial charge < -0.3 is 4.74 Å². The van der Waals surface area contributed by atoms with E-state index in [1.165, 1.54) is 14.0 Å². The maximum absolute atomic E-state index is 10.9. The van der Waals surface area contributed by atoms with Crippen molar-refractivity contribution in [1.29, 1.82) is 0 Å². The number of para-hydroxylation sites is 1. The van der Waals surface area contributed by atoms with E-state index in [1.54, 1.807) is 18.2 Å². The smallest absolute Gasteiger partial charge is 0.163 e. The molecule has 57 valence electrons. The normalized spacial score (nSPS) is 9.27. The fourth-order valence-corrected chi connectivity index (χ4v) is 0.868. The van der Waals surface area contributed by atoms with E-state index < -0.39 is 0 Å².